The van der Waals surface area contributed by atoms with E-state index in [1.165, 1.54) is 0 Å². The highest BCUT2D eigenvalue weighted by molar-refractivity contribution is 5.78. The Bertz CT molecular complexity index is 264. The molecule has 1 saturated carbocycles. The van der Waals surface area contributed by atoms with Crippen LogP contribution in [0.15, 0.2) is 0 Å². The SMILES string of the molecule is CN(CCCC(=O)O)CC(=O)N(C)C1CC1. The number of rotatable bonds is 7. The van der Waals surface area contributed by atoms with Crippen LogP contribution in [0.3, 0.4) is 0 Å². The highest BCUT2D eigenvalue weighted by atomic mass is 16.4. The normalized spacial score (nSPS) is 15.2. The summed E-state index contributed by atoms with van der Waals surface area (Å²) >= 11 is 0. The zero-order valence-electron chi connectivity index (χ0n) is 9.98. The average molecular weight is 228 g/mol. The first kappa shape index (κ1) is 13.0. The van der Waals surface area contributed by atoms with E-state index in [1.807, 2.05) is 19.0 Å². The highest BCUT2D eigenvalue weighted by Crippen LogP contribution is 2.25. The van der Waals surface area contributed by atoms with E-state index in [4.69, 9.17) is 5.11 Å². The molecule has 0 radical (unpaired) electrons. The van der Waals surface area contributed by atoms with Gasteiger partial charge in [0.15, 0.2) is 0 Å². The summed E-state index contributed by atoms with van der Waals surface area (Å²) in [4.78, 5) is 25.7. The zero-order valence-corrected chi connectivity index (χ0v) is 9.98. The number of carbonyl (C=O) groups excluding carboxylic acids is 1. The maximum Gasteiger partial charge on any atom is 0.303 e. The van der Waals surface area contributed by atoms with Gasteiger partial charge in [0, 0.05) is 19.5 Å². The predicted molar refractivity (Wildman–Crippen MR) is 60.2 cm³/mol. The Morgan fingerprint density at radius 1 is 1.31 bits per heavy atom. The predicted octanol–water partition coefficient (Wildman–Crippen LogP) is 0.404. The molecule has 0 saturated heterocycles. The van der Waals surface area contributed by atoms with Crippen LogP contribution < -0.4 is 0 Å². The lowest BCUT2D eigenvalue weighted by Gasteiger charge is -2.21. The molecule has 0 aliphatic heterocycles. The van der Waals surface area contributed by atoms with Crippen LogP contribution in [0.1, 0.15) is 25.7 Å². The van der Waals surface area contributed by atoms with Crippen molar-refractivity contribution in [3.05, 3.63) is 0 Å². The minimum absolute atomic E-state index is 0.125. The van der Waals surface area contributed by atoms with Crippen molar-refractivity contribution in [3.8, 4) is 0 Å². The van der Waals surface area contributed by atoms with Crippen molar-refractivity contribution in [3.63, 3.8) is 0 Å². The number of carboxylic acid groups (broad SMARTS) is 1. The minimum Gasteiger partial charge on any atom is -0.481 e. The second-order valence-corrected chi connectivity index (χ2v) is 4.47. The van der Waals surface area contributed by atoms with Crippen molar-refractivity contribution in [2.45, 2.75) is 31.7 Å². The molecule has 1 rings (SSSR count). The third kappa shape index (κ3) is 4.61. The third-order valence-electron chi connectivity index (χ3n) is 2.82. The number of carboxylic acids is 1. The van der Waals surface area contributed by atoms with Crippen LogP contribution in [0.2, 0.25) is 0 Å². The van der Waals surface area contributed by atoms with Gasteiger partial charge < -0.3 is 10.0 Å². The molecule has 1 amide bonds. The number of hydrogen-bond donors (Lipinski definition) is 1. The lowest BCUT2D eigenvalue weighted by atomic mass is 10.3. The second kappa shape index (κ2) is 5.84. The summed E-state index contributed by atoms with van der Waals surface area (Å²) in [7, 11) is 3.69. The Balaban J connectivity index is 2.14. The van der Waals surface area contributed by atoms with Gasteiger partial charge in [0.1, 0.15) is 0 Å². The van der Waals surface area contributed by atoms with Gasteiger partial charge >= 0.3 is 5.97 Å². The van der Waals surface area contributed by atoms with E-state index in [0.717, 1.165) is 12.8 Å². The fourth-order valence-electron chi connectivity index (χ4n) is 1.59. The molecule has 5 heteroatoms. The zero-order chi connectivity index (χ0) is 12.1. The van der Waals surface area contributed by atoms with Gasteiger partial charge in [-0.15, -0.1) is 0 Å². The largest absolute Gasteiger partial charge is 0.481 e. The molecule has 1 fully saturated rings. The van der Waals surface area contributed by atoms with Crippen molar-refractivity contribution < 1.29 is 14.7 Å². The summed E-state index contributed by atoms with van der Waals surface area (Å²) in [5.74, 6) is -0.657. The summed E-state index contributed by atoms with van der Waals surface area (Å²) in [6.45, 7) is 1.03. The van der Waals surface area contributed by atoms with Crippen LogP contribution in [0, 0.1) is 0 Å². The van der Waals surface area contributed by atoms with Crippen LogP contribution in [-0.4, -0.2) is 60.0 Å². The molecule has 0 bridgehead atoms. The van der Waals surface area contributed by atoms with Gasteiger partial charge in [-0.3, -0.25) is 14.5 Å². The molecule has 1 N–H and O–H groups in total. The van der Waals surface area contributed by atoms with E-state index >= 15 is 0 Å². The first-order chi connectivity index (χ1) is 7.50. The Labute approximate surface area is 96.0 Å². The molecule has 0 aromatic rings. The molecule has 0 heterocycles. The van der Waals surface area contributed by atoms with Gasteiger partial charge in [0.2, 0.25) is 5.91 Å². The number of hydrogen-bond acceptors (Lipinski definition) is 3. The molecule has 16 heavy (non-hydrogen) atoms. The molecule has 0 aromatic heterocycles. The number of likely N-dealkylation sites (N-methyl/N-ethyl adjacent to an activating group) is 2. The van der Waals surface area contributed by atoms with Gasteiger partial charge in [0.25, 0.3) is 0 Å². The summed E-state index contributed by atoms with van der Waals surface area (Å²) < 4.78 is 0. The van der Waals surface area contributed by atoms with Crippen LogP contribution in [0.5, 0.6) is 0 Å². The van der Waals surface area contributed by atoms with Crippen molar-refractivity contribution in [1.29, 1.82) is 0 Å². The molecule has 92 valence electrons. The molecule has 0 atom stereocenters. The fraction of sp³-hybridized carbons (Fsp3) is 0.818. The van der Waals surface area contributed by atoms with E-state index in [2.05, 4.69) is 0 Å². The Morgan fingerprint density at radius 2 is 1.94 bits per heavy atom. The van der Waals surface area contributed by atoms with Crippen LogP contribution in [0.25, 0.3) is 0 Å². The number of carbonyl (C=O) groups is 2. The molecular formula is C11H20N2O3. The van der Waals surface area contributed by atoms with E-state index < -0.39 is 5.97 Å². The highest BCUT2D eigenvalue weighted by Gasteiger charge is 2.29. The van der Waals surface area contributed by atoms with Crippen LogP contribution in [0.4, 0.5) is 0 Å². The molecule has 0 unspecified atom stereocenters. The number of aliphatic carboxylic acids is 1. The van der Waals surface area contributed by atoms with Crippen molar-refractivity contribution >= 4 is 11.9 Å². The van der Waals surface area contributed by atoms with Crippen molar-refractivity contribution in [2.24, 2.45) is 0 Å². The van der Waals surface area contributed by atoms with Crippen LogP contribution >= 0.6 is 0 Å². The van der Waals surface area contributed by atoms with Gasteiger partial charge in [-0.25, -0.2) is 0 Å². The van der Waals surface area contributed by atoms with Gasteiger partial charge in [-0.1, -0.05) is 0 Å². The lowest BCUT2D eigenvalue weighted by Crippen LogP contribution is -2.38. The molecule has 1 aliphatic carbocycles. The van der Waals surface area contributed by atoms with E-state index in [1.54, 1.807) is 4.90 Å². The van der Waals surface area contributed by atoms with E-state index in [9.17, 15) is 9.59 Å². The first-order valence-electron chi connectivity index (χ1n) is 5.66. The smallest absolute Gasteiger partial charge is 0.303 e. The third-order valence-corrected chi connectivity index (χ3v) is 2.82. The second-order valence-electron chi connectivity index (χ2n) is 4.47. The van der Waals surface area contributed by atoms with E-state index in [-0.39, 0.29) is 12.3 Å². The van der Waals surface area contributed by atoms with Crippen molar-refractivity contribution in [2.75, 3.05) is 27.2 Å². The molecule has 5 nitrogen and oxygen atoms in total. The summed E-state index contributed by atoms with van der Waals surface area (Å²) in [6.07, 6.45) is 2.99. The first-order valence-corrected chi connectivity index (χ1v) is 5.66. The van der Waals surface area contributed by atoms with Crippen LogP contribution in [-0.2, 0) is 9.59 Å². The summed E-state index contributed by atoms with van der Waals surface area (Å²) in [5.41, 5.74) is 0. The Morgan fingerprint density at radius 3 is 2.44 bits per heavy atom. The average Bonchev–Trinajstić information content (AvgIpc) is 2.98. The molecule has 1 aliphatic rings. The van der Waals surface area contributed by atoms with Crippen molar-refractivity contribution in [1.82, 2.24) is 9.80 Å². The van der Waals surface area contributed by atoms with Gasteiger partial charge in [-0.2, -0.15) is 0 Å². The molecular weight excluding hydrogens is 208 g/mol. The summed E-state index contributed by atoms with van der Waals surface area (Å²) in [6, 6.07) is 0.444. The maximum absolute atomic E-state index is 11.7. The maximum atomic E-state index is 11.7. The number of nitrogens with zero attached hydrogens (tertiary/aromatic N) is 2. The summed E-state index contributed by atoms with van der Waals surface area (Å²) in [5, 5.41) is 8.48. The quantitative estimate of drug-likeness (QED) is 0.685. The number of amides is 1. The molecule has 0 aromatic carbocycles. The molecule has 0 spiro atoms. The standard InChI is InChI=1S/C11H20N2O3/c1-12(7-3-4-11(15)16)8-10(14)13(2)9-5-6-9/h9H,3-8H2,1-2H3,(H,15,16). The Kier molecular flexibility index (Phi) is 4.73. The lowest BCUT2D eigenvalue weighted by molar-refractivity contribution is -0.137. The van der Waals surface area contributed by atoms with Gasteiger partial charge in [-0.05, 0) is 32.9 Å². The van der Waals surface area contributed by atoms with Gasteiger partial charge in [0.05, 0.1) is 6.54 Å². The minimum atomic E-state index is -0.783. The monoisotopic (exact) mass is 228 g/mol. The topological polar surface area (TPSA) is 60.9 Å². The fourth-order valence-corrected chi connectivity index (χ4v) is 1.59. The van der Waals surface area contributed by atoms with E-state index in [0.29, 0.717) is 25.6 Å². The Hall–Kier alpha value is -1.10.